The number of fused-ring (bicyclic) bond motifs is 3. The average Bonchev–Trinajstić information content (AvgIpc) is 3.40. The first kappa shape index (κ1) is 17.2. The van der Waals surface area contributed by atoms with Gasteiger partial charge >= 0.3 is 0 Å². The highest BCUT2D eigenvalue weighted by Gasteiger charge is 2.11. The van der Waals surface area contributed by atoms with E-state index in [1.807, 2.05) is 55.5 Å². The molecule has 0 aliphatic rings. The fourth-order valence-corrected chi connectivity index (χ4v) is 3.08. The van der Waals surface area contributed by atoms with Crippen LogP contribution in [0.5, 0.6) is 11.5 Å². The first-order chi connectivity index (χ1) is 14.3. The molecule has 0 saturated heterocycles. The molecule has 8 heteroatoms. The van der Waals surface area contributed by atoms with Crippen LogP contribution in [0, 0.1) is 0 Å². The summed E-state index contributed by atoms with van der Waals surface area (Å²) in [5.41, 5.74) is 3.40. The molecule has 0 fully saturated rings. The Kier molecular flexibility index (Phi) is 4.28. The van der Waals surface area contributed by atoms with E-state index in [0.717, 1.165) is 33.7 Å². The highest BCUT2D eigenvalue weighted by atomic mass is 16.5. The summed E-state index contributed by atoms with van der Waals surface area (Å²) in [5, 5.41) is 12.2. The van der Waals surface area contributed by atoms with Gasteiger partial charge in [-0.15, -0.1) is 5.10 Å². The Hall–Kier alpha value is -3.94. The van der Waals surface area contributed by atoms with Crippen LogP contribution < -0.4 is 9.47 Å². The van der Waals surface area contributed by atoms with Crippen LogP contribution in [-0.4, -0.2) is 36.4 Å². The van der Waals surface area contributed by atoms with Crippen LogP contribution in [0.2, 0.25) is 0 Å². The Morgan fingerprint density at radius 3 is 2.48 bits per heavy atom. The second-order valence-corrected chi connectivity index (χ2v) is 6.47. The number of benzene rings is 2. The summed E-state index contributed by atoms with van der Waals surface area (Å²) in [4.78, 5) is 8.92. The van der Waals surface area contributed by atoms with Crippen LogP contribution in [0.15, 0.2) is 61.1 Å². The molecule has 0 aliphatic carbocycles. The maximum atomic E-state index is 5.85. The van der Waals surface area contributed by atoms with Crippen molar-refractivity contribution in [1.82, 2.24) is 29.8 Å². The zero-order valence-corrected chi connectivity index (χ0v) is 15.7. The van der Waals surface area contributed by atoms with Gasteiger partial charge in [0.2, 0.25) is 0 Å². The van der Waals surface area contributed by atoms with E-state index in [4.69, 9.17) is 9.47 Å². The van der Waals surface area contributed by atoms with Crippen molar-refractivity contribution in [3.05, 3.63) is 66.6 Å². The van der Waals surface area contributed by atoms with Crippen LogP contribution in [0.25, 0.3) is 28.1 Å². The lowest BCUT2D eigenvalue weighted by Gasteiger charge is -2.08. The monoisotopic (exact) mass is 386 g/mol. The van der Waals surface area contributed by atoms with Gasteiger partial charge in [0.25, 0.3) is 0 Å². The molecule has 5 aromatic rings. The van der Waals surface area contributed by atoms with Crippen LogP contribution in [0.4, 0.5) is 0 Å². The van der Waals surface area contributed by atoms with Crippen molar-refractivity contribution < 1.29 is 9.47 Å². The number of ether oxygens (including phenoxy) is 2. The Labute approximate surface area is 166 Å². The molecule has 1 N–H and O–H groups in total. The van der Waals surface area contributed by atoms with Gasteiger partial charge in [-0.25, -0.2) is 14.5 Å². The molecule has 5 rings (SSSR count). The van der Waals surface area contributed by atoms with Crippen molar-refractivity contribution in [3.63, 3.8) is 0 Å². The molecule has 3 aromatic heterocycles. The molecule has 0 aliphatic heterocycles. The highest BCUT2D eigenvalue weighted by Crippen LogP contribution is 2.22. The van der Waals surface area contributed by atoms with Gasteiger partial charge in [-0.05, 0) is 36.8 Å². The molecular formula is C21H18N6O2. The summed E-state index contributed by atoms with van der Waals surface area (Å²) in [6.45, 7) is 3.09. The molecule has 8 nitrogen and oxygen atoms in total. The number of hydrogen-bond donors (Lipinski definition) is 1. The van der Waals surface area contributed by atoms with Crippen molar-refractivity contribution in [1.29, 1.82) is 0 Å². The summed E-state index contributed by atoms with van der Waals surface area (Å²) in [7, 11) is 0. The van der Waals surface area contributed by atoms with E-state index >= 15 is 0 Å². The number of H-pyrrole nitrogens is 1. The maximum Gasteiger partial charge on any atom is 0.182 e. The fraction of sp³-hybridized carbons (Fsp3) is 0.143. The van der Waals surface area contributed by atoms with Gasteiger partial charge < -0.3 is 9.47 Å². The minimum Gasteiger partial charge on any atom is -0.494 e. The highest BCUT2D eigenvalue weighted by molar-refractivity contribution is 5.88. The van der Waals surface area contributed by atoms with Gasteiger partial charge in [0.15, 0.2) is 17.1 Å². The van der Waals surface area contributed by atoms with Crippen molar-refractivity contribution in [2.45, 2.75) is 13.5 Å². The number of rotatable bonds is 6. The van der Waals surface area contributed by atoms with E-state index in [1.54, 1.807) is 17.0 Å². The van der Waals surface area contributed by atoms with Crippen molar-refractivity contribution in [2.75, 3.05) is 6.61 Å². The van der Waals surface area contributed by atoms with Gasteiger partial charge in [0, 0.05) is 5.56 Å². The van der Waals surface area contributed by atoms with Gasteiger partial charge in [0.05, 0.1) is 18.2 Å². The first-order valence-corrected chi connectivity index (χ1v) is 9.29. The van der Waals surface area contributed by atoms with Gasteiger partial charge in [-0.3, -0.25) is 5.10 Å². The predicted octanol–water partition coefficient (Wildman–Crippen LogP) is 3.65. The second-order valence-electron chi connectivity index (χ2n) is 6.47. The molecule has 144 valence electrons. The van der Waals surface area contributed by atoms with Crippen LogP contribution in [-0.2, 0) is 6.61 Å². The molecule has 0 spiro atoms. The molecule has 0 saturated carbocycles. The summed E-state index contributed by atoms with van der Waals surface area (Å²) < 4.78 is 13.0. The lowest BCUT2D eigenvalue weighted by atomic mass is 10.1. The van der Waals surface area contributed by atoms with E-state index < -0.39 is 0 Å². The second kappa shape index (κ2) is 7.23. The Morgan fingerprint density at radius 1 is 0.966 bits per heavy atom. The molecule has 0 bridgehead atoms. The first-order valence-electron chi connectivity index (χ1n) is 9.29. The maximum absolute atomic E-state index is 5.85. The zero-order chi connectivity index (χ0) is 19.6. The third-order valence-corrected chi connectivity index (χ3v) is 4.54. The van der Waals surface area contributed by atoms with Crippen LogP contribution in [0.3, 0.4) is 0 Å². The molecule has 0 atom stereocenters. The molecule has 0 unspecified atom stereocenters. The van der Waals surface area contributed by atoms with E-state index in [0.29, 0.717) is 24.7 Å². The third-order valence-electron chi connectivity index (χ3n) is 4.54. The lowest BCUT2D eigenvalue weighted by molar-refractivity contribution is 0.304. The van der Waals surface area contributed by atoms with E-state index in [9.17, 15) is 0 Å². The average molecular weight is 386 g/mol. The molecule has 3 heterocycles. The van der Waals surface area contributed by atoms with Crippen LogP contribution in [0.1, 0.15) is 12.5 Å². The number of hydrogen-bond acceptors (Lipinski definition) is 6. The Morgan fingerprint density at radius 2 is 1.72 bits per heavy atom. The molecule has 0 radical (unpaired) electrons. The van der Waals surface area contributed by atoms with Crippen molar-refractivity contribution >= 4 is 16.7 Å². The quantitative estimate of drug-likeness (QED) is 0.479. The van der Waals surface area contributed by atoms with Crippen molar-refractivity contribution in [3.8, 4) is 22.9 Å². The summed E-state index contributed by atoms with van der Waals surface area (Å²) >= 11 is 0. The Balaban J connectivity index is 1.31. The topological polar surface area (TPSA) is 90.2 Å². The van der Waals surface area contributed by atoms with Crippen molar-refractivity contribution in [2.24, 2.45) is 0 Å². The third kappa shape index (κ3) is 3.36. The minimum absolute atomic E-state index is 0.479. The predicted molar refractivity (Wildman–Crippen MR) is 108 cm³/mol. The summed E-state index contributed by atoms with van der Waals surface area (Å²) in [5.74, 6) is 2.28. The van der Waals surface area contributed by atoms with Gasteiger partial charge in [-0.1, -0.05) is 24.3 Å². The lowest BCUT2D eigenvalue weighted by Crippen LogP contribution is -1.96. The largest absolute Gasteiger partial charge is 0.494 e. The van der Waals surface area contributed by atoms with Gasteiger partial charge in [0.1, 0.15) is 24.4 Å². The summed E-state index contributed by atoms with van der Waals surface area (Å²) in [6.07, 6.45) is 3.34. The van der Waals surface area contributed by atoms with Crippen LogP contribution >= 0.6 is 0 Å². The number of nitrogens with one attached hydrogen (secondary N) is 1. The zero-order valence-electron chi connectivity index (χ0n) is 15.7. The minimum atomic E-state index is 0.479. The van der Waals surface area contributed by atoms with Gasteiger partial charge in [-0.2, -0.15) is 5.10 Å². The van der Waals surface area contributed by atoms with E-state index in [1.165, 1.54) is 0 Å². The molecule has 2 aromatic carbocycles. The number of aromatic amines is 1. The molecular weight excluding hydrogens is 368 g/mol. The van der Waals surface area contributed by atoms with E-state index in [-0.39, 0.29) is 0 Å². The Bertz CT molecular complexity index is 1260. The smallest absolute Gasteiger partial charge is 0.182 e. The normalized spacial score (nSPS) is 11.2. The summed E-state index contributed by atoms with van der Waals surface area (Å²) in [6, 6.07) is 15.6. The fourth-order valence-electron chi connectivity index (χ4n) is 3.08. The molecule has 29 heavy (non-hydrogen) atoms. The standard InChI is InChI=1S/C21H18N6O2/c1-2-28-16-7-9-17(10-8-16)29-12-14-3-5-15(6-4-14)19-24-21-18-11-23-25-20(18)22-13-27(21)26-19/h3-11,13H,2,12H2,1H3,(H,23,25). The SMILES string of the molecule is CCOc1ccc(OCc2ccc(-c3nc4c5cn[nH]c5ncn4n3)cc2)cc1. The molecule has 0 amide bonds. The number of nitrogens with zero attached hydrogens (tertiary/aromatic N) is 5. The van der Waals surface area contributed by atoms with E-state index in [2.05, 4.69) is 25.3 Å². The number of aromatic nitrogens is 6.